The number of hydrogen-bond acceptors (Lipinski definition) is 4. The lowest BCUT2D eigenvalue weighted by Crippen LogP contribution is -2.36. The van der Waals surface area contributed by atoms with Gasteiger partial charge in [-0.1, -0.05) is 0 Å². The molecule has 15 heavy (non-hydrogen) atoms. The Morgan fingerprint density at radius 3 is 2.87 bits per heavy atom. The molecule has 1 fully saturated rings. The Labute approximate surface area is 97.4 Å². The van der Waals surface area contributed by atoms with Crippen molar-refractivity contribution in [1.82, 2.24) is 10.3 Å². The van der Waals surface area contributed by atoms with Crippen LogP contribution in [0.1, 0.15) is 0 Å². The third-order valence-corrected chi connectivity index (χ3v) is 3.16. The second kappa shape index (κ2) is 4.47. The zero-order chi connectivity index (χ0) is 10.8. The van der Waals surface area contributed by atoms with Crippen molar-refractivity contribution in [1.29, 1.82) is 0 Å². The molecule has 0 amide bonds. The van der Waals surface area contributed by atoms with Crippen molar-refractivity contribution in [3.05, 3.63) is 22.8 Å². The third-order valence-electron chi connectivity index (χ3n) is 2.70. The van der Waals surface area contributed by atoms with E-state index >= 15 is 0 Å². The fourth-order valence-electron chi connectivity index (χ4n) is 1.81. The number of aliphatic hydroxyl groups excluding tert-OH is 1. The van der Waals surface area contributed by atoms with Gasteiger partial charge in [0, 0.05) is 23.8 Å². The van der Waals surface area contributed by atoms with E-state index in [-0.39, 0.29) is 12.1 Å². The first-order valence-electron chi connectivity index (χ1n) is 4.92. The minimum Gasteiger partial charge on any atom is -0.390 e. The second-order valence-corrected chi connectivity index (χ2v) is 4.62. The molecule has 5 heteroatoms. The third kappa shape index (κ3) is 2.30. The van der Waals surface area contributed by atoms with Crippen LogP contribution in [-0.4, -0.2) is 42.4 Å². The van der Waals surface area contributed by atoms with Crippen molar-refractivity contribution in [2.75, 3.05) is 25.0 Å². The predicted octanol–water partition coefficient (Wildman–Crippen LogP) is 0.613. The molecule has 1 saturated heterocycles. The van der Waals surface area contributed by atoms with Crippen LogP contribution in [-0.2, 0) is 0 Å². The maximum absolute atomic E-state index is 9.73. The zero-order valence-corrected chi connectivity index (χ0v) is 10.1. The van der Waals surface area contributed by atoms with Gasteiger partial charge in [-0.05, 0) is 35.1 Å². The van der Waals surface area contributed by atoms with Crippen LogP contribution in [0.5, 0.6) is 0 Å². The number of β-amino-alcohol motifs (C(OH)–C–C–N with tert-alkyl or cyclic N) is 1. The first-order chi connectivity index (χ1) is 7.20. The number of anilines is 1. The zero-order valence-electron chi connectivity index (χ0n) is 8.52. The highest BCUT2D eigenvalue weighted by Gasteiger charge is 2.30. The maximum atomic E-state index is 9.73. The molecule has 4 nitrogen and oxygen atoms in total. The molecular weight excluding hydrogens is 258 g/mol. The lowest BCUT2D eigenvalue weighted by Gasteiger charge is -2.16. The van der Waals surface area contributed by atoms with Crippen molar-refractivity contribution in [2.24, 2.45) is 0 Å². The van der Waals surface area contributed by atoms with Gasteiger partial charge in [0.05, 0.1) is 12.1 Å². The summed E-state index contributed by atoms with van der Waals surface area (Å²) in [7, 11) is 1.87. The lowest BCUT2D eigenvalue weighted by atomic mass is 10.2. The lowest BCUT2D eigenvalue weighted by molar-refractivity contribution is 0.168. The number of aromatic nitrogens is 1. The molecule has 0 aromatic carbocycles. The number of pyridine rings is 1. The van der Waals surface area contributed by atoms with E-state index in [1.807, 2.05) is 19.2 Å². The SMILES string of the molecule is CN[C@@H]1CN(c2ccc(Br)cn2)C[C@H]1O. The van der Waals surface area contributed by atoms with Gasteiger partial charge in [-0.2, -0.15) is 0 Å². The standard InChI is InChI=1S/C10H14BrN3O/c1-12-8-5-14(6-9(8)15)10-3-2-7(11)4-13-10/h2-4,8-9,12,15H,5-6H2,1H3/t8-,9-/m1/s1. The molecule has 2 heterocycles. The molecule has 0 radical (unpaired) electrons. The highest BCUT2D eigenvalue weighted by Crippen LogP contribution is 2.19. The number of likely N-dealkylation sites (N-methyl/N-ethyl adjacent to an activating group) is 1. The maximum Gasteiger partial charge on any atom is 0.128 e. The molecule has 0 bridgehead atoms. The van der Waals surface area contributed by atoms with Crippen LogP contribution in [0.15, 0.2) is 22.8 Å². The molecule has 0 spiro atoms. The number of aliphatic hydroxyl groups is 1. The summed E-state index contributed by atoms with van der Waals surface area (Å²) in [6.07, 6.45) is 1.45. The molecule has 2 rings (SSSR count). The van der Waals surface area contributed by atoms with E-state index in [0.717, 1.165) is 16.8 Å². The van der Waals surface area contributed by atoms with Gasteiger partial charge in [0.1, 0.15) is 5.82 Å². The molecule has 1 aliphatic heterocycles. The van der Waals surface area contributed by atoms with E-state index in [2.05, 4.69) is 31.1 Å². The summed E-state index contributed by atoms with van der Waals surface area (Å²) in [6.45, 7) is 1.44. The van der Waals surface area contributed by atoms with Crippen LogP contribution in [0.4, 0.5) is 5.82 Å². The largest absolute Gasteiger partial charge is 0.390 e. The highest BCUT2D eigenvalue weighted by molar-refractivity contribution is 9.10. The molecule has 1 aromatic rings. The Balaban J connectivity index is 2.10. The van der Waals surface area contributed by atoms with Gasteiger partial charge in [-0.3, -0.25) is 0 Å². The number of halogens is 1. The van der Waals surface area contributed by atoms with Gasteiger partial charge in [-0.15, -0.1) is 0 Å². The molecule has 2 N–H and O–H groups in total. The fourth-order valence-corrected chi connectivity index (χ4v) is 2.05. The van der Waals surface area contributed by atoms with Crippen molar-refractivity contribution in [2.45, 2.75) is 12.1 Å². The summed E-state index contributed by atoms with van der Waals surface area (Å²) >= 11 is 3.35. The van der Waals surface area contributed by atoms with Crippen molar-refractivity contribution in [3.63, 3.8) is 0 Å². The van der Waals surface area contributed by atoms with E-state index in [4.69, 9.17) is 0 Å². The molecule has 0 unspecified atom stereocenters. The molecule has 0 saturated carbocycles. The Kier molecular flexibility index (Phi) is 3.23. The summed E-state index contributed by atoms with van der Waals surface area (Å²) in [4.78, 5) is 6.39. The Bertz CT molecular complexity index is 330. The number of rotatable bonds is 2. The molecule has 0 aliphatic carbocycles. The fraction of sp³-hybridized carbons (Fsp3) is 0.500. The average Bonchev–Trinajstić information content (AvgIpc) is 2.61. The molecule has 1 aliphatic rings. The van der Waals surface area contributed by atoms with Crippen molar-refractivity contribution in [3.8, 4) is 0 Å². The van der Waals surface area contributed by atoms with Gasteiger partial charge in [0.25, 0.3) is 0 Å². The smallest absolute Gasteiger partial charge is 0.128 e. The highest BCUT2D eigenvalue weighted by atomic mass is 79.9. The summed E-state index contributed by atoms with van der Waals surface area (Å²) < 4.78 is 0.969. The molecular formula is C10H14BrN3O. The Hall–Kier alpha value is -0.650. The Morgan fingerprint density at radius 2 is 2.33 bits per heavy atom. The van der Waals surface area contributed by atoms with Crippen molar-refractivity contribution < 1.29 is 5.11 Å². The van der Waals surface area contributed by atoms with Crippen LogP contribution in [0.25, 0.3) is 0 Å². The van der Waals surface area contributed by atoms with E-state index < -0.39 is 0 Å². The van der Waals surface area contributed by atoms with E-state index in [9.17, 15) is 5.11 Å². The van der Waals surface area contributed by atoms with Gasteiger partial charge >= 0.3 is 0 Å². The minimum atomic E-state index is -0.319. The van der Waals surface area contributed by atoms with Gasteiger partial charge in [-0.25, -0.2) is 4.98 Å². The van der Waals surface area contributed by atoms with Crippen LogP contribution < -0.4 is 10.2 Å². The molecule has 2 atom stereocenters. The Morgan fingerprint density at radius 1 is 1.53 bits per heavy atom. The molecule has 82 valence electrons. The number of hydrogen-bond donors (Lipinski definition) is 2. The summed E-state index contributed by atoms with van der Waals surface area (Å²) in [6, 6.07) is 4.05. The minimum absolute atomic E-state index is 0.135. The van der Waals surface area contributed by atoms with Crippen LogP contribution in [0, 0.1) is 0 Å². The summed E-state index contributed by atoms with van der Waals surface area (Å²) in [5.41, 5.74) is 0. The average molecular weight is 272 g/mol. The first kappa shape index (κ1) is 10.9. The first-order valence-corrected chi connectivity index (χ1v) is 5.72. The van der Waals surface area contributed by atoms with E-state index in [0.29, 0.717) is 6.54 Å². The number of nitrogens with zero attached hydrogens (tertiary/aromatic N) is 2. The van der Waals surface area contributed by atoms with Gasteiger partial charge in [0.15, 0.2) is 0 Å². The summed E-state index contributed by atoms with van der Waals surface area (Å²) in [5, 5.41) is 12.8. The molecule has 1 aromatic heterocycles. The van der Waals surface area contributed by atoms with Crippen LogP contribution in [0.3, 0.4) is 0 Å². The van der Waals surface area contributed by atoms with E-state index in [1.54, 1.807) is 6.20 Å². The summed E-state index contributed by atoms with van der Waals surface area (Å²) in [5.74, 6) is 0.912. The van der Waals surface area contributed by atoms with E-state index in [1.165, 1.54) is 0 Å². The normalized spacial score (nSPS) is 25.9. The van der Waals surface area contributed by atoms with Crippen LogP contribution in [0.2, 0.25) is 0 Å². The quantitative estimate of drug-likeness (QED) is 0.828. The predicted molar refractivity (Wildman–Crippen MR) is 63.0 cm³/mol. The van der Waals surface area contributed by atoms with Crippen molar-refractivity contribution >= 4 is 21.7 Å². The monoisotopic (exact) mass is 271 g/mol. The second-order valence-electron chi connectivity index (χ2n) is 3.70. The number of nitrogens with one attached hydrogen (secondary N) is 1. The van der Waals surface area contributed by atoms with Crippen LogP contribution >= 0.6 is 15.9 Å². The topological polar surface area (TPSA) is 48.4 Å². The van der Waals surface area contributed by atoms with Gasteiger partial charge < -0.3 is 15.3 Å². The van der Waals surface area contributed by atoms with Gasteiger partial charge in [0.2, 0.25) is 0 Å².